The van der Waals surface area contributed by atoms with Gasteiger partial charge in [0.15, 0.2) is 30.0 Å². The molecule has 2 atom stereocenters. The highest BCUT2D eigenvalue weighted by Gasteiger charge is 2.26. The Kier molecular flexibility index (Phi) is 6.45. The van der Waals surface area contributed by atoms with Gasteiger partial charge in [0.1, 0.15) is 0 Å². The molecule has 0 spiro atoms. The number of hydrogen-bond donors (Lipinski definition) is 3. The fraction of sp³-hybridized carbons (Fsp3) is 0.389. The standard InChI is InChI=1S/C18H22F3N5O2/c1-9-17(10(2)26(5)24-9)23-18(28)11(3)25(4)8-14(27)22-13-7-6-12(19)15(20)16(13)21/h6-7,11H,8H2,1-5H3,(H,22,27)(H,23,28)/p+1/t11-/m1/s1. The van der Waals surface area contributed by atoms with E-state index in [0.29, 0.717) is 16.3 Å². The highest BCUT2D eigenvalue weighted by molar-refractivity contribution is 5.95. The maximum atomic E-state index is 13.7. The Balaban J connectivity index is 1.99. The number of rotatable bonds is 6. The van der Waals surface area contributed by atoms with Crippen molar-refractivity contribution in [3.63, 3.8) is 0 Å². The minimum Gasteiger partial charge on any atom is -0.320 e. The summed E-state index contributed by atoms with van der Waals surface area (Å²) in [5.41, 5.74) is 1.61. The van der Waals surface area contributed by atoms with Crippen molar-refractivity contribution in [3.05, 3.63) is 41.0 Å². The number of anilines is 2. The van der Waals surface area contributed by atoms with E-state index in [0.717, 1.165) is 17.8 Å². The number of carbonyl (C=O) groups excluding carboxylic acids is 2. The van der Waals surface area contributed by atoms with Crippen LogP contribution in [-0.2, 0) is 16.6 Å². The second-order valence-electron chi connectivity index (χ2n) is 6.67. The number of benzene rings is 1. The predicted octanol–water partition coefficient (Wildman–Crippen LogP) is 0.935. The number of likely N-dealkylation sites (N-methyl/N-ethyl adjacent to an activating group) is 1. The summed E-state index contributed by atoms with van der Waals surface area (Å²) in [7, 11) is 3.38. The quantitative estimate of drug-likeness (QED) is 0.634. The Labute approximate surface area is 160 Å². The highest BCUT2D eigenvalue weighted by Crippen LogP contribution is 2.19. The fourth-order valence-corrected chi connectivity index (χ4v) is 2.63. The summed E-state index contributed by atoms with van der Waals surface area (Å²) in [5.74, 6) is -5.43. The van der Waals surface area contributed by atoms with Gasteiger partial charge in [-0.3, -0.25) is 14.3 Å². The fourth-order valence-electron chi connectivity index (χ4n) is 2.63. The minimum atomic E-state index is -1.66. The lowest BCUT2D eigenvalue weighted by Gasteiger charge is -2.20. The van der Waals surface area contributed by atoms with Crippen LogP contribution in [0.1, 0.15) is 18.3 Å². The van der Waals surface area contributed by atoms with E-state index in [1.165, 1.54) is 0 Å². The van der Waals surface area contributed by atoms with Crippen molar-refractivity contribution in [2.45, 2.75) is 26.8 Å². The largest absolute Gasteiger partial charge is 0.320 e. The van der Waals surface area contributed by atoms with Gasteiger partial charge in [0.05, 0.1) is 29.8 Å². The molecule has 0 bridgehead atoms. The van der Waals surface area contributed by atoms with Crippen molar-refractivity contribution >= 4 is 23.2 Å². The Morgan fingerprint density at radius 1 is 1.18 bits per heavy atom. The van der Waals surface area contributed by atoms with E-state index in [1.807, 2.05) is 6.92 Å². The molecule has 0 aliphatic heterocycles. The lowest BCUT2D eigenvalue weighted by Crippen LogP contribution is -3.14. The maximum Gasteiger partial charge on any atom is 0.282 e. The summed E-state index contributed by atoms with van der Waals surface area (Å²) in [6, 6.07) is 1.05. The zero-order chi connectivity index (χ0) is 21.2. The molecule has 0 fully saturated rings. The zero-order valence-corrected chi connectivity index (χ0v) is 16.3. The molecule has 0 radical (unpaired) electrons. The molecule has 2 aromatic rings. The number of carbonyl (C=O) groups is 2. The van der Waals surface area contributed by atoms with E-state index in [1.54, 1.807) is 32.6 Å². The van der Waals surface area contributed by atoms with E-state index in [9.17, 15) is 22.8 Å². The summed E-state index contributed by atoms with van der Waals surface area (Å²) in [6.45, 7) is 5.05. The van der Waals surface area contributed by atoms with Crippen molar-refractivity contribution in [1.29, 1.82) is 0 Å². The molecule has 0 aliphatic carbocycles. The molecule has 0 aliphatic rings. The number of nitrogens with one attached hydrogen (secondary N) is 3. The van der Waals surface area contributed by atoms with Gasteiger partial charge in [-0.05, 0) is 32.9 Å². The molecule has 2 rings (SSSR count). The molecule has 10 heteroatoms. The van der Waals surface area contributed by atoms with Gasteiger partial charge in [-0.2, -0.15) is 5.10 Å². The monoisotopic (exact) mass is 398 g/mol. The van der Waals surface area contributed by atoms with Crippen molar-refractivity contribution in [2.24, 2.45) is 7.05 Å². The van der Waals surface area contributed by atoms with Gasteiger partial charge in [-0.1, -0.05) is 0 Å². The summed E-state index contributed by atoms with van der Waals surface area (Å²) in [5, 5.41) is 9.21. The van der Waals surface area contributed by atoms with Crippen LogP contribution in [0.5, 0.6) is 0 Å². The summed E-state index contributed by atoms with van der Waals surface area (Å²) in [4.78, 5) is 25.1. The highest BCUT2D eigenvalue weighted by atomic mass is 19.2. The van der Waals surface area contributed by atoms with Gasteiger partial charge in [-0.25, -0.2) is 13.2 Å². The van der Waals surface area contributed by atoms with Gasteiger partial charge in [0.2, 0.25) is 0 Å². The number of quaternary nitrogens is 1. The third-order valence-corrected chi connectivity index (χ3v) is 4.64. The normalized spacial score (nSPS) is 13.1. The third-order valence-electron chi connectivity index (χ3n) is 4.64. The smallest absolute Gasteiger partial charge is 0.282 e. The Hall–Kier alpha value is -2.88. The van der Waals surface area contributed by atoms with Crippen molar-refractivity contribution in [1.82, 2.24) is 9.78 Å². The molecule has 1 unspecified atom stereocenters. The molecule has 1 aromatic heterocycles. The first-order valence-electron chi connectivity index (χ1n) is 8.59. The van der Waals surface area contributed by atoms with E-state index in [2.05, 4.69) is 15.7 Å². The van der Waals surface area contributed by atoms with Crippen molar-refractivity contribution < 1.29 is 27.7 Å². The molecule has 7 nitrogen and oxygen atoms in total. The molecule has 3 N–H and O–H groups in total. The Morgan fingerprint density at radius 2 is 1.82 bits per heavy atom. The second kappa shape index (κ2) is 8.42. The lowest BCUT2D eigenvalue weighted by atomic mass is 10.2. The number of halogens is 3. The zero-order valence-electron chi connectivity index (χ0n) is 16.3. The lowest BCUT2D eigenvalue weighted by molar-refractivity contribution is -0.885. The number of amides is 2. The summed E-state index contributed by atoms with van der Waals surface area (Å²) < 4.78 is 41.5. The van der Waals surface area contributed by atoms with Gasteiger partial charge in [0.25, 0.3) is 11.8 Å². The first-order chi connectivity index (χ1) is 13.0. The maximum absolute atomic E-state index is 13.7. The van der Waals surface area contributed by atoms with Crippen LogP contribution in [0, 0.1) is 31.3 Å². The van der Waals surface area contributed by atoms with Crippen LogP contribution in [0.2, 0.25) is 0 Å². The number of aryl methyl sites for hydroxylation is 2. The molecular formula is C18H23F3N5O2+. The van der Waals surface area contributed by atoms with Gasteiger partial charge < -0.3 is 15.5 Å². The van der Waals surface area contributed by atoms with Crippen molar-refractivity contribution in [3.8, 4) is 0 Å². The average Bonchev–Trinajstić information content (AvgIpc) is 2.87. The average molecular weight is 398 g/mol. The van der Waals surface area contributed by atoms with Crippen molar-refractivity contribution in [2.75, 3.05) is 24.2 Å². The van der Waals surface area contributed by atoms with E-state index >= 15 is 0 Å². The van der Waals surface area contributed by atoms with Gasteiger partial charge >= 0.3 is 0 Å². The Bertz CT molecular complexity index is 913. The predicted molar refractivity (Wildman–Crippen MR) is 97.5 cm³/mol. The molecule has 2 amide bonds. The Morgan fingerprint density at radius 3 is 2.39 bits per heavy atom. The molecular weight excluding hydrogens is 375 g/mol. The third kappa shape index (κ3) is 4.50. The second-order valence-corrected chi connectivity index (χ2v) is 6.67. The van der Waals surface area contributed by atoms with E-state index < -0.39 is 35.1 Å². The van der Waals surface area contributed by atoms with Gasteiger partial charge in [-0.15, -0.1) is 0 Å². The summed E-state index contributed by atoms with van der Waals surface area (Å²) >= 11 is 0. The van der Waals surface area contributed by atoms with Crippen LogP contribution in [0.25, 0.3) is 0 Å². The van der Waals surface area contributed by atoms with Gasteiger partial charge in [0, 0.05) is 7.05 Å². The molecule has 1 heterocycles. The number of hydrogen-bond acceptors (Lipinski definition) is 3. The SMILES string of the molecule is Cc1nn(C)c(C)c1NC(=O)[C@@H](C)[NH+](C)CC(=O)Nc1ccc(F)c(F)c1F. The first kappa shape index (κ1) is 21.4. The van der Waals surface area contributed by atoms with Crippen LogP contribution < -0.4 is 15.5 Å². The van der Waals surface area contributed by atoms with E-state index in [4.69, 9.17) is 0 Å². The molecule has 0 saturated carbocycles. The number of aromatic nitrogens is 2. The molecule has 0 saturated heterocycles. The van der Waals surface area contributed by atoms with Crippen LogP contribution in [0.3, 0.4) is 0 Å². The topological polar surface area (TPSA) is 80.5 Å². The van der Waals surface area contributed by atoms with E-state index in [-0.39, 0.29) is 12.5 Å². The molecule has 1 aromatic carbocycles. The number of nitrogens with zero attached hydrogens (tertiary/aromatic N) is 2. The van der Waals surface area contributed by atoms with Crippen LogP contribution in [-0.4, -0.2) is 41.2 Å². The van der Waals surface area contributed by atoms with Crippen LogP contribution >= 0.6 is 0 Å². The first-order valence-corrected chi connectivity index (χ1v) is 8.59. The molecule has 152 valence electrons. The van der Waals surface area contributed by atoms with Crippen LogP contribution in [0.4, 0.5) is 24.5 Å². The molecule has 28 heavy (non-hydrogen) atoms. The minimum absolute atomic E-state index is 0.183. The summed E-state index contributed by atoms with van der Waals surface area (Å²) in [6.07, 6.45) is 0. The van der Waals surface area contributed by atoms with Crippen LogP contribution in [0.15, 0.2) is 12.1 Å².